The van der Waals surface area contributed by atoms with E-state index in [-0.39, 0.29) is 11.5 Å². The van der Waals surface area contributed by atoms with Gasteiger partial charge in [-0.05, 0) is 81.9 Å². The van der Waals surface area contributed by atoms with E-state index in [1.165, 1.54) is 26.0 Å². The average Bonchev–Trinajstić information content (AvgIpc) is 3.25. The van der Waals surface area contributed by atoms with Gasteiger partial charge in [-0.2, -0.15) is 13.2 Å². The van der Waals surface area contributed by atoms with Crippen molar-refractivity contribution < 1.29 is 32.1 Å². The Morgan fingerprint density at radius 3 is 2.34 bits per heavy atom. The van der Waals surface area contributed by atoms with Gasteiger partial charge in [0.05, 0.1) is 28.8 Å². The van der Waals surface area contributed by atoms with E-state index < -0.39 is 53.3 Å². The molecule has 1 saturated heterocycles. The summed E-state index contributed by atoms with van der Waals surface area (Å²) in [5.41, 5.74) is -1.39. The molecule has 4 fully saturated rings. The largest absolute Gasteiger partial charge is 0.482 e. The fourth-order valence-corrected chi connectivity index (χ4v) is 6.95. The highest BCUT2D eigenvalue weighted by Gasteiger charge is 2.68. The summed E-state index contributed by atoms with van der Waals surface area (Å²) in [6.45, 7) is 11.6. The minimum atomic E-state index is -4.71. The molecule has 2 bridgehead atoms. The lowest BCUT2D eigenvalue weighted by molar-refractivity contribution is -0.199. The van der Waals surface area contributed by atoms with Crippen molar-refractivity contribution in [1.29, 1.82) is 0 Å². The maximum Gasteiger partial charge on any atom is 0.482 e. The van der Waals surface area contributed by atoms with Crippen LogP contribution in [0.25, 0.3) is 0 Å². The second-order valence-electron chi connectivity index (χ2n) is 13.2. The Hall–Kier alpha value is -2.85. The summed E-state index contributed by atoms with van der Waals surface area (Å²) >= 11 is 0. The quantitative estimate of drug-likeness (QED) is 0.430. The lowest BCUT2D eigenvalue weighted by atomic mass is 9.43. The molecule has 3 aliphatic carbocycles. The molecule has 0 spiro atoms. The Labute approximate surface area is 239 Å². The maximum absolute atomic E-state index is 13.6. The molecule has 5 atom stereocenters. The Morgan fingerprint density at radius 2 is 1.71 bits per heavy atom. The van der Waals surface area contributed by atoms with Gasteiger partial charge in [0.15, 0.2) is 0 Å². The van der Waals surface area contributed by atoms with Gasteiger partial charge in [0.25, 0.3) is 5.91 Å². The summed E-state index contributed by atoms with van der Waals surface area (Å²) in [6.07, 6.45) is -2.41. The van der Waals surface area contributed by atoms with Crippen LogP contribution in [0.15, 0.2) is 48.5 Å². The molecule has 6 nitrogen and oxygen atoms in total. The van der Waals surface area contributed by atoms with Crippen LogP contribution >= 0.6 is 0 Å². The molecule has 2 N–H and O–H groups in total. The van der Waals surface area contributed by atoms with Crippen LogP contribution in [0.3, 0.4) is 0 Å². The van der Waals surface area contributed by atoms with Crippen LogP contribution in [0.1, 0.15) is 74.5 Å². The number of halogens is 3. The van der Waals surface area contributed by atoms with Gasteiger partial charge in [0.2, 0.25) is 5.91 Å². The van der Waals surface area contributed by atoms with E-state index in [4.69, 9.17) is 9.31 Å². The van der Waals surface area contributed by atoms with Gasteiger partial charge in [-0.3, -0.25) is 9.59 Å². The van der Waals surface area contributed by atoms with Gasteiger partial charge in [0.1, 0.15) is 5.54 Å². The maximum atomic E-state index is 13.6. The summed E-state index contributed by atoms with van der Waals surface area (Å²) in [6, 6.07) is 12.5. The number of nitrogens with one attached hydrogen (secondary N) is 2. The van der Waals surface area contributed by atoms with Crippen molar-refractivity contribution >= 4 is 18.9 Å². The molecule has 0 aromatic heterocycles. The molecule has 4 aliphatic rings. The van der Waals surface area contributed by atoms with Crippen LogP contribution in [0, 0.1) is 24.2 Å². The molecule has 6 rings (SSSR count). The van der Waals surface area contributed by atoms with E-state index in [2.05, 4.69) is 31.4 Å². The first-order valence-corrected chi connectivity index (χ1v) is 14.2. The third-order valence-corrected chi connectivity index (χ3v) is 9.66. The van der Waals surface area contributed by atoms with Crippen molar-refractivity contribution in [3.63, 3.8) is 0 Å². The Balaban J connectivity index is 1.36. The number of aryl methyl sites for hydroxylation is 1. The minimum absolute atomic E-state index is 0.0896. The van der Waals surface area contributed by atoms with Crippen molar-refractivity contribution in [1.82, 2.24) is 10.6 Å². The first-order valence-electron chi connectivity index (χ1n) is 14.2. The molecule has 10 heteroatoms. The number of carbonyl (C=O) groups excluding carboxylic acids is 2. The lowest BCUT2D eigenvalue weighted by Crippen LogP contribution is -2.65. The number of hydrogen-bond donors (Lipinski definition) is 2. The fourth-order valence-electron chi connectivity index (χ4n) is 6.95. The third-order valence-electron chi connectivity index (χ3n) is 9.66. The highest BCUT2D eigenvalue weighted by molar-refractivity contribution is 6.48. The third kappa shape index (κ3) is 5.41. The van der Waals surface area contributed by atoms with Gasteiger partial charge in [-0.1, -0.05) is 55.8 Å². The van der Waals surface area contributed by atoms with Gasteiger partial charge in [-0.25, -0.2) is 0 Å². The number of rotatable bonds is 7. The van der Waals surface area contributed by atoms with Crippen LogP contribution in [0.2, 0.25) is 0 Å². The lowest BCUT2D eigenvalue weighted by Gasteiger charge is -2.64. The molecule has 41 heavy (non-hydrogen) atoms. The number of benzene rings is 2. The number of carbonyl (C=O) groups is 2. The SMILES string of the molecule is Cc1ccc(C[C@H](NC(=O)C(C)(C)NC(=O)c2ccccc2C(F)(F)F)B2O[C@@H]3C[C@@H]4C[C@@H](C4(C)C)[C@]3(C)O2)cc1. The van der Waals surface area contributed by atoms with Crippen molar-refractivity contribution in [3.05, 3.63) is 70.8 Å². The molecular formula is C31H38BF3N2O4. The fraction of sp³-hybridized carbons (Fsp3) is 0.548. The normalized spacial score (nSPS) is 27.4. The molecule has 220 valence electrons. The van der Waals surface area contributed by atoms with E-state index in [1.54, 1.807) is 0 Å². The Bertz CT molecular complexity index is 1330. The zero-order chi connectivity index (χ0) is 30.0. The molecular weight excluding hydrogens is 532 g/mol. The van der Waals surface area contributed by atoms with E-state index in [0.717, 1.165) is 36.1 Å². The second-order valence-corrected chi connectivity index (χ2v) is 13.2. The van der Waals surface area contributed by atoms with Crippen molar-refractivity contribution in [2.24, 2.45) is 17.3 Å². The first kappa shape index (κ1) is 29.6. The number of hydrogen-bond acceptors (Lipinski definition) is 4. The number of alkyl halides is 3. The summed E-state index contributed by atoms with van der Waals surface area (Å²) < 4.78 is 53.7. The second kappa shape index (κ2) is 10.2. The molecule has 1 heterocycles. The zero-order valence-corrected chi connectivity index (χ0v) is 24.4. The van der Waals surface area contributed by atoms with Crippen LogP contribution in [-0.2, 0) is 26.7 Å². The molecule has 0 unspecified atom stereocenters. The van der Waals surface area contributed by atoms with E-state index in [1.807, 2.05) is 31.2 Å². The van der Waals surface area contributed by atoms with E-state index in [0.29, 0.717) is 18.3 Å². The van der Waals surface area contributed by atoms with Gasteiger partial charge >= 0.3 is 13.3 Å². The average molecular weight is 570 g/mol. The smallest absolute Gasteiger partial charge is 0.404 e. The summed E-state index contributed by atoms with van der Waals surface area (Å²) in [5, 5.41) is 5.52. The number of amides is 2. The first-order chi connectivity index (χ1) is 19.0. The Kier molecular flexibility index (Phi) is 7.34. The van der Waals surface area contributed by atoms with E-state index in [9.17, 15) is 22.8 Å². The van der Waals surface area contributed by atoms with Crippen LogP contribution in [0.5, 0.6) is 0 Å². The van der Waals surface area contributed by atoms with Crippen molar-refractivity contribution in [2.45, 2.75) is 90.2 Å². The van der Waals surface area contributed by atoms with Gasteiger partial charge in [-0.15, -0.1) is 0 Å². The van der Waals surface area contributed by atoms with Crippen LogP contribution in [-0.4, -0.2) is 42.1 Å². The molecule has 3 saturated carbocycles. The summed E-state index contributed by atoms with van der Waals surface area (Å²) in [4.78, 5) is 26.6. The minimum Gasteiger partial charge on any atom is -0.404 e. The Morgan fingerprint density at radius 1 is 1.05 bits per heavy atom. The summed E-state index contributed by atoms with van der Waals surface area (Å²) in [7, 11) is -0.720. The monoisotopic (exact) mass is 570 g/mol. The molecule has 2 aromatic rings. The van der Waals surface area contributed by atoms with Crippen LogP contribution < -0.4 is 10.6 Å². The molecule has 0 radical (unpaired) electrons. The topological polar surface area (TPSA) is 76.7 Å². The molecule has 2 amide bonds. The van der Waals surface area contributed by atoms with E-state index >= 15 is 0 Å². The van der Waals surface area contributed by atoms with Gasteiger partial charge < -0.3 is 19.9 Å². The highest BCUT2D eigenvalue weighted by atomic mass is 19.4. The highest BCUT2D eigenvalue weighted by Crippen LogP contribution is 2.65. The zero-order valence-electron chi connectivity index (χ0n) is 24.4. The van der Waals surface area contributed by atoms with Gasteiger partial charge in [0, 0.05) is 0 Å². The predicted octanol–water partition coefficient (Wildman–Crippen LogP) is 5.52. The van der Waals surface area contributed by atoms with Crippen LogP contribution in [0.4, 0.5) is 13.2 Å². The van der Waals surface area contributed by atoms with Crippen molar-refractivity contribution in [3.8, 4) is 0 Å². The summed E-state index contributed by atoms with van der Waals surface area (Å²) in [5.74, 6) is -1.23. The standard InChI is InChI=1S/C31H38BF3N2O4/c1-18-11-13-19(14-12-18)15-25(32-40-24-17-20-16-23(28(20,2)3)30(24,6)41-32)36-27(39)29(4,5)37-26(38)21-9-7-8-10-22(21)31(33,34)35/h7-14,20,23-25H,15-17H2,1-6H3,(H,36,39)(H,37,38)/t20-,23-,24+,25-,30-/m0/s1. The molecule has 2 aromatic carbocycles. The molecule has 1 aliphatic heterocycles. The van der Waals surface area contributed by atoms with Crippen molar-refractivity contribution in [2.75, 3.05) is 0 Å². The predicted molar refractivity (Wildman–Crippen MR) is 150 cm³/mol.